The third-order valence-electron chi connectivity index (χ3n) is 5.17. The number of benzene rings is 1. The molecule has 1 amide bonds. The van der Waals surface area contributed by atoms with Gasteiger partial charge >= 0.3 is 5.97 Å². The van der Waals surface area contributed by atoms with Crippen LogP contribution in [-0.4, -0.2) is 41.1 Å². The lowest BCUT2D eigenvalue weighted by molar-refractivity contribution is -0.152. The highest BCUT2D eigenvalue weighted by atomic mass is 16.4. The van der Waals surface area contributed by atoms with Crippen LogP contribution in [0.3, 0.4) is 0 Å². The normalized spacial score (nSPS) is 21.4. The van der Waals surface area contributed by atoms with Crippen LogP contribution in [0, 0.1) is 11.8 Å². The lowest BCUT2D eigenvalue weighted by atomic mass is 9.72. The molecule has 1 heterocycles. The number of ketones is 1. The first-order valence-corrected chi connectivity index (χ1v) is 8.41. The van der Waals surface area contributed by atoms with Gasteiger partial charge in [0, 0.05) is 24.1 Å². The van der Waals surface area contributed by atoms with Gasteiger partial charge < -0.3 is 21.6 Å². The zero-order valence-electron chi connectivity index (χ0n) is 14.9. The molecule has 0 aliphatic carbocycles. The first-order valence-electron chi connectivity index (χ1n) is 8.41. The Bertz CT molecular complexity index is 715. The van der Waals surface area contributed by atoms with Crippen molar-refractivity contribution in [1.29, 1.82) is 0 Å². The first kappa shape index (κ1) is 19.6. The van der Waals surface area contributed by atoms with Gasteiger partial charge in [0.05, 0.1) is 6.21 Å². The van der Waals surface area contributed by atoms with Crippen LogP contribution in [0.25, 0.3) is 0 Å². The molecule has 8 nitrogen and oxygen atoms in total. The summed E-state index contributed by atoms with van der Waals surface area (Å²) in [5.74, 6) is 1.37. The molecule has 1 aromatic rings. The summed E-state index contributed by atoms with van der Waals surface area (Å²) in [5.41, 5.74) is 5.33. The molecule has 2 rings (SSSR count). The number of carboxylic acid groups (broad SMARTS) is 1. The Morgan fingerprint density at radius 3 is 2.50 bits per heavy atom. The van der Waals surface area contributed by atoms with Crippen LogP contribution in [0.2, 0.25) is 0 Å². The van der Waals surface area contributed by atoms with Gasteiger partial charge in [0.25, 0.3) is 0 Å². The number of nitrogens with two attached hydrogens (primary N) is 2. The minimum Gasteiger partial charge on any atom is -0.480 e. The molecule has 8 heteroatoms. The van der Waals surface area contributed by atoms with Crippen molar-refractivity contribution in [2.45, 2.75) is 32.2 Å². The van der Waals surface area contributed by atoms with E-state index in [1.54, 1.807) is 36.1 Å². The number of aliphatic carboxylic acids is 1. The minimum absolute atomic E-state index is 0.221. The molecule has 0 aromatic heterocycles. The Labute approximate surface area is 151 Å². The number of amides is 1. The molecule has 1 aromatic carbocycles. The largest absolute Gasteiger partial charge is 0.480 e. The summed E-state index contributed by atoms with van der Waals surface area (Å²) in [6, 6.07) is 7.12. The average Bonchev–Trinajstić information content (AvgIpc) is 2.61. The van der Waals surface area contributed by atoms with Gasteiger partial charge in [0.15, 0.2) is 11.3 Å². The maximum atomic E-state index is 13.0. The maximum absolute atomic E-state index is 13.0. The smallest absolute Gasteiger partial charge is 0.331 e. The van der Waals surface area contributed by atoms with E-state index >= 15 is 0 Å². The molecule has 5 N–H and O–H groups in total. The van der Waals surface area contributed by atoms with Crippen molar-refractivity contribution in [3.8, 4) is 0 Å². The molecule has 0 bridgehead atoms. The van der Waals surface area contributed by atoms with Crippen LogP contribution >= 0.6 is 0 Å². The number of hydrogen-bond donors (Lipinski definition) is 3. The van der Waals surface area contributed by atoms with Crippen molar-refractivity contribution in [2.24, 2.45) is 28.5 Å². The molecule has 1 fully saturated rings. The molecule has 140 valence electrons. The Morgan fingerprint density at radius 2 is 2.00 bits per heavy atom. The fraction of sp³-hybridized carbons (Fsp3) is 0.444. The first-order chi connectivity index (χ1) is 12.2. The summed E-state index contributed by atoms with van der Waals surface area (Å²) >= 11 is 0. The van der Waals surface area contributed by atoms with E-state index in [0.29, 0.717) is 25.1 Å². The van der Waals surface area contributed by atoms with Crippen LogP contribution in [0.4, 0.5) is 5.69 Å². The summed E-state index contributed by atoms with van der Waals surface area (Å²) in [6.07, 6.45) is 2.68. The van der Waals surface area contributed by atoms with Crippen LogP contribution in [0.1, 0.15) is 32.3 Å². The number of piperidine rings is 1. The highest BCUT2D eigenvalue weighted by molar-refractivity contribution is 6.08. The van der Waals surface area contributed by atoms with Crippen molar-refractivity contribution >= 4 is 29.6 Å². The summed E-state index contributed by atoms with van der Waals surface area (Å²) in [4.78, 5) is 38.1. The molecule has 1 saturated heterocycles. The molecule has 0 radical (unpaired) electrons. The second-order valence-electron chi connectivity index (χ2n) is 6.63. The van der Waals surface area contributed by atoms with E-state index in [-0.39, 0.29) is 5.91 Å². The number of carbonyl (C=O) groups is 3. The van der Waals surface area contributed by atoms with Gasteiger partial charge in [0.2, 0.25) is 5.91 Å². The predicted molar refractivity (Wildman–Crippen MR) is 97.7 cm³/mol. The van der Waals surface area contributed by atoms with Gasteiger partial charge in [-0.3, -0.25) is 9.59 Å². The quantitative estimate of drug-likeness (QED) is 0.296. The molecule has 0 saturated carbocycles. The summed E-state index contributed by atoms with van der Waals surface area (Å²) < 4.78 is 0. The van der Waals surface area contributed by atoms with E-state index in [1.165, 1.54) is 6.21 Å². The van der Waals surface area contributed by atoms with E-state index in [0.717, 1.165) is 12.5 Å². The standard InChI is InChI=1S/C18H24N4O4/c1-11(18(19,12(2)23)17(25)26)15-4-3-9-22(16(15)24)14-7-5-13(6-8-14)10-21-20/h5-8,10-11,15H,3-4,9,19-20H2,1-2H3,(H,25,26). The van der Waals surface area contributed by atoms with Gasteiger partial charge in [-0.05, 0) is 37.5 Å². The van der Waals surface area contributed by atoms with Crippen molar-refractivity contribution in [3.05, 3.63) is 29.8 Å². The summed E-state index contributed by atoms with van der Waals surface area (Å²) in [6.45, 7) is 3.23. The van der Waals surface area contributed by atoms with Crippen molar-refractivity contribution < 1.29 is 19.5 Å². The number of hydrazone groups is 1. The Kier molecular flexibility index (Phi) is 5.76. The van der Waals surface area contributed by atoms with Crippen molar-refractivity contribution in [3.63, 3.8) is 0 Å². The average molecular weight is 360 g/mol. The van der Waals surface area contributed by atoms with E-state index in [2.05, 4.69) is 5.10 Å². The lowest BCUT2D eigenvalue weighted by Crippen LogP contribution is -2.62. The fourth-order valence-electron chi connectivity index (χ4n) is 3.43. The number of rotatable bonds is 6. The highest BCUT2D eigenvalue weighted by Crippen LogP contribution is 2.34. The number of anilines is 1. The monoisotopic (exact) mass is 360 g/mol. The fourth-order valence-corrected chi connectivity index (χ4v) is 3.43. The van der Waals surface area contributed by atoms with E-state index in [9.17, 15) is 19.5 Å². The molecule has 1 aliphatic rings. The van der Waals surface area contributed by atoms with Gasteiger partial charge in [-0.1, -0.05) is 19.1 Å². The number of carboxylic acids is 1. The molecular weight excluding hydrogens is 336 g/mol. The number of hydrogen-bond acceptors (Lipinski definition) is 6. The Hall–Kier alpha value is -2.74. The molecule has 0 spiro atoms. The zero-order valence-corrected chi connectivity index (χ0v) is 14.9. The minimum atomic E-state index is -2.08. The van der Waals surface area contributed by atoms with Crippen LogP contribution in [0.15, 0.2) is 29.4 Å². The number of Topliss-reactive ketones (excluding diaryl/α,β-unsaturated/α-hetero) is 1. The topological polar surface area (TPSA) is 139 Å². The lowest BCUT2D eigenvalue weighted by Gasteiger charge is -2.39. The molecule has 26 heavy (non-hydrogen) atoms. The third-order valence-corrected chi connectivity index (χ3v) is 5.17. The van der Waals surface area contributed by atoms with Crippen molar-refractivity contribution in [1.82, 2.24) is 0 Å². The number of nitrogens with zero attached hydrogens (tertiary/aromatic N) is 2. The molecule has 1 aliphatic heterocycles. The van der Waals surface area contributed by atoms with Crippen LogP contribution in [0.5, 0.6) is 0 Å². The SMILES string of the molecule is CC(=O)C(N)(C(=O)O)C(C)C1CCCN(c2ccc(C=NN)cc2)C1=O. The Morgan fingerprint density at radius 1 is 1.38 bits per heavy atom. The third kappa shape index (κ3) is 3.45. The van der Waals surface area contributed by atoms with Crippen LogP contribution < -0.4 is 16.5 Å². The number of carbonyl (C=O) groups excluding carboxylic acids is 2. The van der Waals surface area contributed by atoms with Crippen LogP contribution in [-0.2, 0) is 14.4 Å². The summed E-state index contributed by atoms with van der Waals surface area (Å²) in [7, 11) is 0. The van der Waals surface area contributed by atoms with E-state index in [1.807, 2.05) is 0 Å². The predicted octanol–water partition coefficient (Wildman–Crippen LogP) is 0.729. The highest BCUT2D eigenvalue weighted by Gasteiger charge is 2.50. The van der Waals surface area contributed by atoms with E-state index < -0.39 is 29.1 Å². The second-order valence-corrected chi connectivity index (χ2v) is 6.63. The summed E-state index contributed by atoms with van der Waals surface area (Å²) in [5, 5.41) is 12.9. The zero-order chi connectivity index (χ0) is 19.5. The molecule has 3 unspecified atom stereocenters. The van der Waals surface area contributed by atoms with Crippen molar-refractivity contribution in [2.75, 3.05) is 11.4 Å². The maximum Gasteiger partial charge on any atom is 0.331 e. The molecule has 3 atom stereocenters. The van der Waals surface area contributed by atoms with E-state index in [4.69, 9.17) is 11.6 Å². The Balaban J connectivity index is 2.28. The van der Waals surface area contributed by atoms with Gasteiger partial charge in [-0.15, -0.1) is 0 Å². The van der Waals surface area contributed by atoms with Gasteiger partial charge in [0.1, 0.15) is 0 Å². The van der Waals surface area contributed by atoms with Gasteiger partial charge in [-0.25, -0.2) is 4.79 Å². The molecular formula is C18H24N4O4. The van der Waals surface area contributed by atoms with Gasteiger partial charge in [-0.2, -0.15) is 5.10 Å². The second kappa shape index (κ2) is 7.65.